The highest BCUT2D eigenvalue weighted by atomic mass is 32.2. The van der Waals surface area contributed by atoms with E-state index in [0.29, 0.717) is 36.2 Å². The first-order valence-electron chi connectivity index (χ1n) is 9.49. The van der Waals surface area contributed by atoms with Gasteiger partial charge in [-0.15, -0.1) is 0 Å². The topological polar surface area (TPSA) is 94.5 Å². The molecule has 3 fully saturated rings. The largest absolute Gasteiger partial charge is 0.493 e. The molecule has 3 heterocycles. The number of amides is 1. The third-order valence-electron chi connectivity index (χ3n) is 5.39. The van der Waals surface area contributed by atoms with Gasteiger partial charge in [0.25, 0.3) is 5.91 Å². The van der Waals surface area contributed by atoms with Crippen LogP contribution in [0.15, 0.2) is 23.2 Å². The number of benzene rings is 1. The molecule has 3 aliphatic rings. The second-order valence-electron chi connectivity index (χ2n) is 7.35. The monoisotopic (exact) mass is 440 g/mol. The third-order valence-corrected chi connectivity index (χ3v) is 8.63. The number of thioether (sulfide) groups is 1. The lowest BCUT2D eigenvalue weighted by atomic mass is 10.1. The van der Waals surface area contributed by atoms with E-state index in [2.05, 4.69) is 4.99 Å². The van der Waals surface area contributed by atoms with Gasteiger partial charge in [-0.25, -0.2) is 8.42 Å². The maximum absolute atomic E-state index is 12.5. The maximum Gasteiger partial charge on any atom is 0.277 e. The van der Waals surface area contributed by atoms with Crippen LogP contribution in [0.5, 0.6) is 11.5 Å². The quantitative estimate of drug-likeness (QED) is 0.680. The Bertz CT molecular complexity index is 927. The van der Waals surface area contributed by atoms with E-state index in [0.717, 1.165) is 12.0 Å². The van der Waals surface area contributed by atoms with Gasteiger partial charge in [0.1, 0.15) is 6.10 Å². The van der Waals surface area contributed by atoms with Crippen molar-refractivity contribution in [3.05, 3.63) is 23.8 Å². The van der Waals surface area contributed by atoms with Crippen molar-refractivity contribution in [2.45, 2.75) is 36.8 Å². The fourth-order valence-corrected chi connectivity index (χ4v) is 7.89. The second-order valence-corrected chi connectivity index (χ2v) is 10.7. The number of carbonyl (C=O) groups is 1. The summed E-state index contributed by atoms with van der Waals surface area (Å²) in [6.07, 6.45) is 1.04. The van der Waals surface area contributed by atoms with Gasteiger partial charge in [-0.05, 0) is 30.5 Å². The molecule has 0 N–H and O–H groups in total. The van der Waals surface area contributed by atoms with Crippen LogP contribution in [-0.2, 0) is 25.9 Å². The Kier molecular flexibility index (Phi) is 5.76. The minimum absolute atomic E-state index is 0.0745. The number of methoxy groups -OCH3 is 2. The summed E-state index contributed by atoms with van der Waals surface area (Å²) >= 11 is 1.38. The van der Waals surface area contributed by atoms with Crippen LogP contribution in [0, 0.1) is 0 Å². The summed E-state index contributed by atoms with van der Waals surface area (Å²) in [4.78, 5) is 18.8. The molecule has 0 bridgehead atoms. The molecule has 8 nitrogen and oxygen atoms in total. The number of nitrogens with zero attached hydrogens (tertiary/aromatic N) is 2. The predicted octanol–water partition coefficient (Wildman–Crippen LogP) is 1.48. The summed E-state index contributed by atoms with van der Waals surface area (Å²) in [5.74, 6) is 1.12. The number of amidine groups is 1. The standard InChI is InChI=1S/C19H24N2O6S2/c1-25-14-6-5-12(8-16(14)26-2)9-21-13-10-29(23,24)11-17(13)28-19(21)20-18(22)15-4-3-7-27-15/h5-6,8,13,15,17H,3-4,7,9-11H2,1-2H3/t13-,15-,17-/m0/s1. The molecule has 0 aromatic heterocycles. The first-order valence-corrected chi connectivity index (χ1v) is 12.2. The van der Waals surface area contributed by atoms with Gasteiger partial charge in [0.2, 0.25) is 0 Å². The van der Waals surface area contributed by atoms with Gasteiger partial charge in [-0.1, -0.05) is 17.8 Å². The lowest BCUT2D eigenvalue weighted by Gasteiger charge is -2.25. The van der Waals surface area contributed by atoms with E-state index in [-0.39, 0.29) is 28.7 Å². The van der Waals surface area contributed by atoms with Crippen LogP contribution in [0.2, 0.25) is 0 Å². The van der Waals surface area contributed by atoms with E-state index in [1.54, 1.807) is 14.2 Å². The summed E-state index contributed by atoms with van der Waals surface area (Å²) in [6, 6.07) is 5.38. The maximum atomic E-state index is 12.5. The first kappa shape index (κ1) is 20.5. The van der Waals surface area contributed by atoms with E-state index in [9.17, 15) is 13.2 Å². The highest BCUT2D eigenvalue weighted by molar-refractivity contribution is 8.15. The smallest absolute Gasteiger partial charge is 0.277 e. The SMILES string of the molecule is COc1ccc(CN2C(=NC(=O)[C@@H]3CCCO3)S[C@H]3CS(=O)(=O)C[C@@H]32)cc1OC. The fourth-order valence-electron chi connectivity index (χ4n) is 3.93. The number of ether oxygens (including phenoxy) is 3. The van der Waals surface area contributed by atoms with Gasteiger partial charge in [0.15, 0.2) is 26.5 Å². The number of rotatable bonds is 5. The average molecular weight is 441 g/mol. The summed E-state index contributed by atoms with van der Waals surface area (Å²) in [5, 5.41) is 0.460. The van der Waals surface area contributed by atoms with E-state index in [1.807, 2.05) is 23.1 Å². The average Bonchev–Trinajstić information content (AvgIpc) is 3.39. The lowest BCUT2D eigenvalue weighted by molar-refractivity contribution is -0.126. The minimum Gasteiger partial charge on any atom is -0.493 e. The number of hydrogen-bond acceptors (Lipinski definition) is 7. The van der Waals surface area contributed by atoms with E-state index < -0.39 is 15.9 Å². The van der Waals surface area contributed by atoms with Gasteiger partial charge in [0, 0.05) is 18.4 Å². The Hall–Kier alpha value is -1.78. The zero-order valence-corrected chi connectivity index (χ0v) is 18.0. The van der Waals surface area contributed by atoms with Gasteiger partial charge in [-0.2, -0.15) is 4.99 Å². The minimum atomic E-state index is -3.09. The van der Waals surface area contributed by atoms with Gasteiger partial charge < -0.3 is 19.1 Å². The molecule has 1 aromatic carbocycles. The Morgan fingerprint density at radius 1 is 1.28 bits per heavy atom. The molecule has 1 aromatic rings. The van der Waals surface area contributed by atoms with Crippen LogP contribution in [0.4, 0.5) is 0 Å². The van der Waals surface area contributed by atoms with Crippen LogP contribution in [-0.4, -0.2) is 74.1 Å². The van der Waals surface area contributed by atoms with Crippen molar-refractivity contribution in [3.8, 4) is 11.5 Å². The molecule has 158 valence electrons. The van der Waals surface area contributed by atoms with Crippen molar-refractivity contribution in [1.29, 1.82) is 0 Å². The molecule has 3 saturated heterocycles. The lowest BCUT2D eigenvalue weighted by Crippen LogP contribution is -2.37. The Morgan fingerprint density at radius 3 is 2.76 bits per heavy atom. The molecule has 4 rings (SSSR count). The number of sulfone groups is 1. The Balaban J connectivity index is 1.61. The summed E-state index contributed by atoms with van der Waals surface area (Å²) in [6.45, 7) is 1.01. The summed E-state index contributed by atoms with van der Waals surface area (Å²) in [5.41, 5.74) is 0.922. The molecule has 0 aliphatic carbocycles. The molecule has 10 heteroatoms. The van der Waals surface area contributed by atoms with Crippen LogP contribution in [0.3, 0.4) is 0 Å². The van der Waals surface area contributed by atoms with E-state index >= 15 is 0 Å². The van der Waals surface area contributed by atoms with Crippen LogP contribution in [0.1, 0.15) is 18.4 Å². The molecule has 0 unspecified atom stereocenters. The normalized spacial score (nSPS) is 29.2. The predicted molar refractivity (Wildman–Crippen MR) is 110 cm³/mol. The molecular weight excluding hydrogens is 416 g/mol. The van der Waals surface area contributed by atoms with Crippen LogP contribution in [0.25, 0.3) is 0 Å². The number of hydrogen-bond donors (Lipinski definition) is 0. The second kappa shape index (κ2) is 8.16. The van der Waals surface area contributed by atoms with Gasteiger partial charge in [0.05, 0.1) is 31.8 Å². The number of fused-ring (bicyclic) bond motifs is 1. The van der Waals surface area contributed by atoms with Crippen molar-refractivity contribution in [1.82, 2.24) is 4.90 Å². The summed E-state index contributed by atoms with van der Waals surface area (Å²) < 4.78 is 40.4. The van der Waals surface area contributed by atoms with Crippen LogP contribution >= 0.6 is 11.8 Å². The number of carbonyl (C=O) groups excluding carboxylic acids is 1. The van der Waals surface area contributed by atoms with Crippen molar-refractivity contribution >= 4 is 32.7 Å². The molecule has 29 heavy (non-hydrogen) atoms. The molecule has 3 atom stereocenters. The van der Waals surface area contributed by atoms with Crippen LogP contribution < -0.4 is 9.47 Å². The highest BCUT2D eigenvalue weighted by Gasteiger charge is 2.49. The van der Waals surface area contributed by atoms with Crippen molar-refractivity contribution < 1.29 is 27.4 Å². The Labute approximate surface area is 174 Å². The van der Waals surface area contributed by atoms with Crippen molar-refractivity contribution in [2.24, 2.45) is 4.99 Å². The number of aliphatic imine (C=N–C) groups is 1. The van der Waals surface area contributed by atoms with Crippen molar-refractivity contribution in [2.75, 3.05) is 32.3 Å². The van der Waals surface area contributed by atoms with Gasteiger partial charge in [-0.3, -0.25) is 4.79 Å². The molecule has 0 radical (unpaired) electrons. The third kappa shape index (κ3) is 4.24. The van der Waals surface area contributed by atoms with E-state index in [4.69, 9.17) is 14.2 Å². The highest BCUT2D eigenvalue weighted by Crippen LogP contribution is 2.40. The van der Waals surface area contributed by atoms with E-state index in [1.165, 1.54) is 11.8 Å². The fraction of sp³-hybridized carbons (Fsp3) is 0.579. The molecule has 3 aliphatic heterocycles. The summed E-state index contributed by atoms with van der Waals surface area (Å²) in [7, 11) is 0.0495. The van der Waals surface area contributed by atoms with Gasteiger partial charge >= 0.3 is 0 Å². The Morgan fingerprint density at radius 2 is 2.07 bits per heavy atom. The first-order chi connectivity index (χ1) is 13.9. The van der Waals surface area contributed by atoms with Crippen molar-refractivity contribution in [3.63, 3.8) is 0 Å². The molecular formula is C19H24N2O6S2. The zero-order chi connectivity index (χ0) is 20.6. The molecule has 1 amide bonds. The molecule has 0 saturated carbocycles. The molecule has 0 spiro atoms. The zero-order valence-electron chi connectivity index (χ0n) is 16.4.